The van der Waals surface area contributed by atoms with Crippen molar-refractivity contribution in [3.63, 3.8) is 0 Å². The van der Waals surface area contributed by atoms with E-state index in [0.717, 1.165) is 0 Å². The summed E-state index contributed by atoms with van der Waals surface area (Å²) in [5.74, 6) is 0. The van der Waals surface area contributed by atoms with E-state index in [1.165, 1.54) is 0 Å². The first-order chi connectivity index (χ1) is 0. The van der Waals surface area contributed by atoms with E-state index in [4.69, 9.17) is 0 Å². The minimum Gasteiger partial charge on any atom is -1.00 e. The summed E-state index contributed by atoms with van der Waals surface area (Å²) in [7, 11) is 0. The summed E-state index contributed by atoms with van der Waals surface area (Å²) < 4.78 is 0. The molecule has 4 heteroatoms. The molecule has 0 aromatic heterocycles. The largest absolute Gasteiger partial charge is 1.00 e. The molecule has 0 fully saturated rings. The van der Waals surface area contributed by atoms with Gasteiger partial charge in [-0.1, -0.05) is 0 Å². The summed E-state index contributed by atoms with van der Waals surface area (Å²) in [6.07, 6.45) is 0. The van der Waals surface area contributed by atoms with Gasteiger partial charge in [0, 0.05) is 0 Å². The summed E-state index contributed by atoms with van der Waals surface area (Å²) in [4.78, 5) is 0. The number of hydrogen-bond acceptors (Lipinski definition) is 0. The Morgan fingerprint density at radius 2 is 1.25 bits per heavy atom. The van der Waals surface area contributed by atoms with Crippen molar-refractivity contribution in [1.29, 1.82) is 0 Å². The molecule has 18 valence electrons. The molecule has 1 nitrogen and oxygen atoms in total. The molecule has 0 aromatic rings. The molecule has 0 aliphatic carbocycles. The van der Waals surface area contributed by atoms with E-state index in [9.17, 15) is 0 Å². The third-order valence-electron chi connectivity index (χ3n) is 0. The van der Waals surface area contributed by atoms with Gasteiger partial charge in [-0.05, 0) is 0 Å². The first-order valence-corrected chi connectivity index (χ1v) is 0. The normalized spacial score (nSPS) is 0. The monoisotopic (exact) mass is 96.0 g/mol. The average Bonchev–Trinajstić information content (AvgIpc) is 0. The molecule has 0 atom stereocenters. The van der Waals surface area contributed by atoms with Crippen LogP contribution >= 0.6 is 0 Å². The predicted molar refractivity (Wildman–Crippen MR) is 15.8 cm³/mol. The number of hydrogen-bond donors (Lipinski definition) is 0. The molecule has 0 saturated carbocycles. The van der Waals surface area contributed by atoms with Gasteiger partial charge in [-0.3, -0.25) is 0 Å². The van der Waals surface area contributed by atoms with Gasteiger partial charge in [0.25, 0.3) is 0 Å². The van der Waals surface area contributed by atoms with Crippen LogP contribution in [0.2, 0.25) is 0 Å². The van der Waals surface area contributed by atoms with E-state index in [2.05, 4.69) is 0 Å². The Balaban J connectivity index is 0. The Bertz CT molecular complexity index is 13.5. The topological polar surface area (TPSA) is 31.5 Å². The molecule has 0 rings (SSSR count). The van der Waals surface area contributed by atoms with E-state index >= 15 is 0 Å². The Labute approximate surface area is 93.9 Å². The molecule has 4 heavy (non-hydrogen) atoms. The second-order valence-electron chi connectivity index (χ2n) is 0. The summed E-state index contributed by atoms with van der Waals surface area (Å²) in [6.45, 7) is 0. The molecule has 2 N–H and O–H groups in total. The molecule has 0 aliphatic rings. The molecule has 0 radical (unpaired) electrons. The maximum Gasteiger partial charge on any atom is 1.00 e. The minimum atomic E-state index is 0. The van der Waals surface area contributed by atoms with Crippen LogP contribution < -0.4 is 70.2 Å². The molecule has 0 amide bonds. The maximum absolute atomic E-state index is 0. The molecule has 0 unspecified atom stereocenters. The Morgan fingerprint density at radius 3 is 1.25 bits per heavy atom. The molecular weight excluding hydrogens is 89.0 g/mol. The van der Waals surface area contributed by atoms with Crippen molar-refractivity contribution in [2.24, 2.45) is 0 Å². The fourth-order valence-corrected chi connectivity index (χ4v) is 0. The van der Waals surface area contributed by atoms with Gasteiger partial charge >= 0.3 is 70.2 Å². The van der Waals surface area contributed by atoms with E-state index < -0.39 is 0 Å². The van der Waals surface area contributed by atoms with Crippen molar-refractivity contribution in [3.8, 4) is 0 Å². The van der Waals surface area contributed by atoms with E-state index in [1.54, 1.807) is 0 Å². The Hall–Kier alpha value is 2.73. The zero-order valence-electron chi connectivity index (χ0n) is 4.50. The van der Waals surface area contributed by atoms with E-state index in [0.29, 0.717) is 0 Å². The van der Waals surface area contributed by atoms with Gasteiger partial charge in [0.1, 0.15) is 0 Å². The van der Waals surface area contributed by atoms with Crippen molar-refractivity contribution in [3.05, 3.63) is 0 Å². The molecule has 0 aromatic carbocycles. The van der Waals surface area contributed by atoms with Crippen LogP contribution in [0.3, 0.4) is 0 Å². The fourth-order valence-electron chi connectivity index (χ4n) is 0. The van der Waals surface area contributed by atoms with Crippen LogP contribution in [0.4, 0.5) is 0 Å². The Morgan fingerprint density at radius 1 is 1.25 bits per heavy atom. The smallest absolute Gasteiger partial charge is 1.00 e. The summed E-state index contributed by atoms with van der Waals surface area (Å²) >= 11 is 0. The van der Waals surface area contributed by atoms with Gasteiger partial charge in [0.05, 0.1) is 0 Å². The maximum atomic E-state index is 0. The van der Waals surface area contributed by atoms with Crippen LogP contribution in [-0.2, 0) is 0 Å². The standard InChI is InChI=1S/Al.K.Li.H2O.5H/h;;;1H2;;;;;/q;2*+1;;;;;2*-1. The van der Waals surface area contributed by atoms with Crippen LogP contribution in [-0.4, -0.2) is 22.8 Å². The van der Waals surface area contributed by atoms with Crippen LogP contribution in [0, 0.1) is 0 Å². The average molecular weight is 96.1 g/mol. The zero-order chi connectivity index (χ0) is 0. The van der Waals surface area contributed by atoms with Crippen molar-refractivity contribution in [2.45, 2.75) is 0 Å². The summed E-state index contributed by atoms with van der Waals surface area (Å²) in [5, 5.41) is 0. The minimum absolute atomic E-state index is 0. The van der Waals surface area contributed by atoms with Gasteiger partial charge in [-0.15, -0.1) is 0 Å². The third kappa shape index (κ3) is 8.83. The van der Waals surface area contributed by atoms with Gasteiger partial charge < -0.3 is 8.33 Å². The quantitative estimate of drug-likeness (QED) is 0.268. The second-order valence-corrected chi connectivity index (χ2v) is 0. The van der Waals surface area contributed by atoms with E-state index in [1.807, 2.05) is 0 Å². The zero-order valence-corrected chi connectivity index (χ0v) is 5.62. The molecule has 0 aliphatic heterocycles. The van der Waals surface area contributed by atoms with Crippen molar-refractivity contribution >= 4 is 17.4 Å². The molecular formula is H7AlKLiO. The second kappa shape index (κ2) is 17.2. The molecule has 0 saturated heterocycles. The number of rotatable bonds is 0. The first kappa shape index (κ1) is 29.7. The predicted octanol–water partition coefficient (Wildman–Crippen LogP) is -7.78. The van der Waals surface area contributed by atoms with Crippen LogP contribution in [0.15, 0.2) is 0 Å². The van der Waals surface area contributed by atoms with Crippen LogP contribution in [0.5, 0.6) is 0 Å². The molecule has 0 bridgehead atoms. The van der Waals surface area contributed by atoms with Gasteiger partial charge in [0.15, 0.2) is 17.4 Å². The summed E-state index contributed by atoms with van der Waals surface area (Å²) in [6, 6.07) is 0. The SMILES string of the molecule is O.[AlH3].[H-].[H-].[K+].[Li+]. The molecule has 0 heterocycles. The third-order valence-corrected chi connectivity index (χ3v) is 0. The van der Waals surface area contributed by atoms with Crippen molar-refractivity contribution in [2.75, 3.05) is 0 Å². The van der Waals surface area contributed by atoms with Crippen molar-refractivity contribution < 1.29 is 78.6 Å². The Kier molecular flexibility index (Phi) is 128. The van der Waals surface area contributed by atoms with Gasteiger partial charge in [0.2, 0.25) is 0 Å². The summed E-state index contributed by atoms with van der Waals surface area (Å²) in [5.41, 5.74) is 0. The van der Waals surface area contributed by atoms with Gasteiger partial charge in [-0.25, -0.2) is 0 Å². The molecule has 0 spiro atoms. The van der Waals surface area contributed by atoms with Crippen LogP contribution in [0.25, 0.3) is 0 Å². The van der Waals surface area contributed by atoms with Gasteiger partial charge in [-0.2, -0.15) is 0 Å². The van der Waals surface area contributed by atoms with Crippen LogP contribution in [0.1, 0.15) is 2.85 Å². The van der Waals surface area contributed by atoms with Crippen molar-refractivity contribution in [1.82, 2.24) is 0 Å². The van der Waals surface area contributed by atoms with E-state index in [-0.39, 0.29) is 95.9 Å². The first-order valence-electron chi connectivity index (χ1n) is 0. The fraction of sp³-hybridized carbons (Fsp3) is 0.